The molecule has 1 aromatic rings. The minimum absolute atomic E-state index is 0.0299. The van der Waals surface area contributed by atoms with Crippen molar-refractivity contribution >= 4 is 11.8 Å². The second kappa shape index (κ2) is 7.31. The molecule has 1 unspecified atom stereocenters. The Morgan fingerprint density at radius 2 is 1.81 bits per heavy atom. The molecule has 1 atom stereocenters. The summed E-state index contributed by atoms with van der Waals surface area (Å²) in [5, 5.41) is 5.67. The summed E-state index contributed by atoms with van der Waals surface area (Å²) in [5.41, 5.74) is -1.12. The Morgan fingerprint density at radius 1 is 1.19 bits per heavy atom. The molecule has 7 heteroatoms. The first-order valence-electron chi connectivity index (χ1n) is 9.05. The Morgan fingerprint density at radius 3 is 2.27 bits per heavy atom. The average Bonchev–Trinajstić information content (AvgIpc) is 3.32. The SMILES string of the molecule is CN(C)C(CNC(=O)C1(C(=O)NC2CC2)CCC1)c1c(F)cccc1F. The van der Waals surface area contributed by atoms with Crippen molar-refractivity contribution in [2.75, 3.05) is 20.6 Å². The van der Waals surface area contributed by atoms with Crippen LogP contribution in [-0.4, -0.2) is 43.4 Å². The number of likely N-dealkylation sites (N-methyl/N-ethyl adjacent to an activating group) is 1. The summed E-state index contributed by atoms with van der Waals surface area (Å²) in [4.78, 5) is 26.9. The lowest BCUT2D eigenvalue weighted by molar-refractivity contribution is -0.149. The predicted molar refractivity (Wildman–Crippen MR) is 93.2 cm³/mol. The molecule has 0 aliphatic heterocycles. The highest BCUT2D eigenvalue weighted by molar-refractivity contribution is 6.06. The molecule has 0 heterocycles. The van der Waals surface area contributed by atoms with E-state index in [1.807, 2.05) is 0 Å². The normalized spacial score (nSPS) is 19.6. The van der Waals surface area contributed by atoms with Crippen molar-refractivity contribution in [3.63, 3.8) is 0 Å². The molecule has 2 aliphatic rings. The molecule has 0 bridgehead atoms. The Hall–Kier alpha value is -2.02. The van der Waals surface area contributed by atoms with Crippen LogP contribution in [0.25, 0.3) is 0 Å². The van der Waals surface area contributed by atoms with Gasteiger partial charge in [-0.3, -0.25) is 9.59 Å². The molecule has 2 amide bonds. The van der Waals surface area contributed by atoms with Crippen LogP contribution in [0.3, 0.4) is 0 Å². The third kappa shape index (κ3) is 3.58. The second-order valence-corrected chi connectivity index (χ2v) is 7.51. The van der Waals surface area contributed by atoms with Gasteiger partial charge in [-0.1, -0.05) is 12.5 Å². The van der Waals surface area contributed by atoms with Crippen LogP contribution in [-0.2, 0) is 9.59 Å². The molecule has 1 aromatic carbocycles. The number of hydrogen-bond donors (Lipinski definition) is 2. The van der Waals surface area contributed by atoms with Gasteiger partial charge < -0.3 is 15.5 Å². The van der Waals surface area contributed by atoms with Gasteiger partial charge in [0.05, 0.1) is 6.04 Å². The van der Waals surface area contributed by atoms with E-state index in [0.29, 0.717) is 12.8 Å². The molecular weight excluding hydrogens is 340 g/mol. The summed E-state index contributed by atoms with van der Waals surface area (Å²) in [6, 6.07) is 3.24. The number of halogens is 2. The molecule has 0 radical (unpaired) electrons. The summed E-state index contributed by atoms with van der Waals surface area (Å²) < 4.78 is 28.3. The lowest BCUT2D eigenvalue weighted by Crippen LogP contribution is -2.56. The zero-order valence-corrected chi connectivity index (χ0v) is 15.1. The number of hydrogen-bond acceptors (Lipinski definition) is 3. The van der Waals surface area contributed by atoms with Crippen molar-refractivity contribution in [2.45, 2.75) is 44.2 Å². The van der Waals surface area contributed by atoms with Crippen LogP contribution < -0.4 is 10.6 Å². The molecule has 0 saturated heterocycles. The van der Waals surface area contributed by atoms with E-state index in [0.717, 1.165) is 19.3 Å². The average molecular weight is 365 g/mol. The zero-order chi connectivity index (χ0) is 18.9. The first-order chi connectivity index (χ1) is 12.3. The number of carbonyl (C=O) groups excluding carboxylic acids is 2. The molecule has 26 heavy (non-hydrogen) atoms. The van der Waals surface area contributed by atoms with E-state index in [-0.39, 0.29) is 30.0 Å². The van der Waals surface area contributed by atoms with E-state index in [4.69, 9.17) is 0 Å². The minimum atomic E-state index is -1.03. The maximum absolute atomic E-state index is 14.1. The molecule has 2 fully saturated rings. The summed E-state index contributed by atoms with van der Waals surface area (Å²) >= 11 is 0. The summed E-state index contributed by atoms with van der Waals surface area (Å²) in [6.07, 6.45) is 3.76. The summed E-state index contributed by atoms with van der Waals surface area (Å²) in [7, 11) is 3.39. The number of carbonyl (C=O) groups is 2. The van der Waals surface area contributed by atoms with Gasteiger partial charge in [0.25, 0.3) is 0 Å². The summed E-state index contributed by atoms with van der Waals surface area (Å²) in [6.45, 7) is 0.0299. The number of benzene rings is 1. The van der Waals surface area contributed by atoms with Gasteiger partial charge in [0.2, 0.25) is 11.8 Å². The molecule has 2 aliphatic carbocycles. The topological polar surface area (TPSA) is 61.4 Å². The standard InChI is InChI=1S/C19H25F2N3O2/c1-24(2)15(16-13(20)5-3-6-14(16)21)11-22-17(25)19(9-4-10-19)18(26)23-12-7-8-12/h3,5-6,12,15H,4,7-11H2,1-2H3,(H,22,25)(H,23,26). The third-order valence-electron chi connectivity index (χ3n) is 5.40. The molecular formula is C19H25F2N3O2. The fourth-order valence-electron chi connectivity index (χ4n) is 3.37. The van der Waals surface area contributed by atoms with Crippen molar-refractivity contribution in [3.05, 3.63) is 35.4 Å². The van der Waals surface area contributed by atoms with Crippen LogP contribution in [0.15, 0.2) is 18.2 Å². The molecule has 5 nitrogen and oxygen atoms in total. The highest BCUT2D eigenvalue weighted by atomic mass is 19.1. The zero-order valence-electron chi connectivity index (χ0n) is 15.1. The van der Waals surface area contributed by atoms with Crippen molar-refractivity contribution in [1.82, 2.24) is 15.5 Å². The van der Waals surface area contributed by atoms with E-state index in [9.17, 15) is 18.4 Å². The maximum Gasteiger partial charge on any atom is 0.235 e. The number of nitrogens with one attached hydrogen (secondary N) is 2. The van der Waals surface area contributed by atoms with Crippen LogP contribution in [0.4, 0.5) is 8.78 Å². The third-order valence-corrected chi connectivity index (χ3v) is 5.40. The summed E-state index contributed by atoms with van der Waals surface area (Å²) in [5.74, 6) is -1.88. The molecule has 142 valence electrons. The van der Waals surface area contributed by atoms with Crippen molar-refractivity contribution in [2.24, 2.45) is 5.41 Å². The predicted octanol–water partition coefficient (Wildman–Crippen LogP) is 2.13. The van der Waals surface area contributed by atoms with Crippen LogP contribution in [0, 0.1) is 17.0 Å². The molecule has 2 saturated carbocycles. The monoisotopic (exact) mass is 365 g/mol. The van der Waals surface area contributed by atoms with Crippen LogP contribution in [0.5, 0.6) is 0 Å². The molecule has 2 N–H and O–H groups in total. The van der Waals surface area contributed by atoms with E-state index < -0.39 is 23.1 Å². The van der Waals surface area contributed by atoms with Crippen molar-refractivity contribution < 1.29 is 18.4 Å². The van der Waals surface area contributed by atoms with Gasteiger partial charge in [-0.05, 0) is 51.9 Å². The van der Waals surface area contributed by atoms with Gasteiger partial charge >= 0.3 is 0 Å². The quantitative estimate of drug-likeness (QED) is 0.728. The Kier molecular flexibility index (Phi) is 5.27. The van der Waals surface area contributed by atoms with Gasteiger partial charge in [0.15, 0.2) is 0 Å². The van der Waals surface area contributed by atoms with E-state index in [1.54, 1.807) is 19.0 Å². The van der Waals surface area contributed by atoms with Crippen molar-refractivity contribution in [3.8, 4) is 0 Å². The van der Waals surface area contributed by atoms with Gasteiger partial charge in [0, 0.05) is 18.2 Å². The fraction of sp³-hybridized carbons (Fsp3) is 0.579. The molecule has 3 rings (SSSR count). The fourth-order valence-corrected chi connectivity index (χ4v) is 3.37. The lowest BCUT2D eigenvalue weighted by atomic mass is 9.67. The smallest absolute Gasteiger partial charge is 0.235 e. The minimum Gasteiger partial charge on any atom is -0.353 e. The van der Waals surface area contributed by atoms with E-state index in [2.05, 4.69) is 10.6 Å². The van der Waals surface area contributed by atoms with Gasteiger partial charge in [0.1, 0.15) is 17.0 Å². The van der Waals surface area contributed by atoms with Gasteiger partial charge in [-0.2, -0.15) is 0 Å². The van der Waals surface area contributed by atoms with Gasteiger partial charge in [-0.15, -0.1) is 0 Å². The first-order valence-corrected chi connectivity index (χ1v) is 9.05. The Balaban J connectivity index is 1.70. The van der Waals surface area contributed by atoms with E-state index in [1.165, 1.54) is 18.2 Å². The molecule has 0 aromatic heterocycles. The highest BCUT2D eigenvalue weighted by Gasteiger charge is 2.51. The Bertz CT molecular complexity index is 680. The lowest BCUT2D eigenvalue weighted by Gasteiger charge is -2.39. The number of amides is 2. The largest absolute Gasteiger partial charge is 0.353 e. The van der Waals surface area contributed by atoms with Crippen molar-refractivity contribution in [1.29, 1.82) is 0 Å². The first kappa shape index (κ1) is 18.8. The Labute approximate surface area is 152 Å². The number of rotatable bonds is 7. The van der Waals surface area contributed by atoms with Crippen LogP contribution in [0.1, 0.15) is 43.7 Å². The maximum atomic E-state index is 14.1. The second-order valence-electron chi connectivity index (χ2n) is 7.51. The van der Waals surface area contributed by atoms with E-state index >= 15 is 0 Å². The van der Waals surface area contributed by atoms with Crippen LogP contribution in [0.2, 0.25) is 0 Å². The van der Waals surface area contributed by atoms with Crippen LogP contribution >= 0.6 is 0 Å². The highest BCUT2D eigenvalue weighted by Crippen LogP contribution is 2.42. The number of nitrogens with zero attached hydrogens (tertiary/aromatic N) is 1. The molecule has 0 spiro atoms. The van der Waals surface area contributed by atoms with Gasteiger partial charge in [-0.25, -0.2) is 8.78 Å².